The molecule has 3 rings (SSSR count). The van der Waals surface area contributed by atoms with Crippen molar-refractivity contribution < 1.29 is 4.79 Å². The molecule has 0 bridgehead atoms. The molecule has 0 aliphatic carbocycles. The molecule has 7 heteroatoms. The lowest BCUT2D eigenvalue weighted by Crippen LogP contribution is -2.19. The maximum atomic E-state index is 12.0. The lowest BCUT2D eigenvalue weighted by molar-refractivity contribution is 0.262. The van der Waals surface area contributed by atoms with Crippen molar-refractivity contribution in [2.75, 3.05) is 16.9 Å². The molecule has 3 aromatic rings. The number of nitrogens with zero attached hydrogens (tertiary/aromatic N) is 2. The van der Waals surface area contributed by atoms with Crippen molar-refractivity contribution in [3.63, 3.8) is 0 Å². The Hall–Kier alpha value is -2.12. The number of nitrogens with one attached hydrogen (secondary N) is 2. The zero-order valence-electron chi connectivity index (χ0n) is 11.2. The van der Waals surface area contributed by atoms with Gasteiger partial charge >= 0.3 is 6.03 Å². The molecule has 0 unspecified atom stereocenters. The molecule has 1 heterocycles. The van der Waals surface area contributed by atoms with Gasteiger partial charge < -0.3 is 10.6 Å². The van der Waals surface area contributed by atoms with Gasteiger partial charge in [-0.05, 0) is 54.2 Å². The Morgan fingerprint density at radius 3 is 2.76 bits per heavy atom. The zero-order valence-corrected chi connectivity index (χ0v) is 12.8. The largest absolute Gasteiger partial charge is 0.323 e. The summed E-state index contributed by atoms with van der Waals surface area (Å²) in [6.07, 6.45) is 2.00. The van der Waals surface area contributed by atoms with Crippen LogP contribution in [0, 0.1) is 0 Å². The van der Waals surface area contributed by atoms with Gasteiger partial charge in [0.2, 0.25) is 0 Å². The minimum absolute atomic E-state index is 0.282. The summed E-state index contributed by atoms with van der Waals surface area (Å²) in [7, 11) is 0. The van der Waals surface area contributed by atoms with Crippen molar-refractivity contribution in [1.82, 2.24) is 9.59 Å². The highest BCUT2D eigenvalue weighted by molar-refractivity contribution is 7.98. The summed E-state index contributed by atoms with van der Waals surface area (Å²) in [4.78, 5) is 13.1. The molecule has 0 aliphatic heterocycles. The van der Waals surface area contributed by atoms with Gasteiger partial charge in [-0.3, -0.25) is 0 Å². The Balaban J connectivity index is 1.70. The molecule has 0 fully saturated rings. The number of carbonyl (C=O) groups excluding carboxylic acids is 1. The van der Waals surface area contributed by atoms with E-state index in [0.29, 0.717) is 5.69 Å². The summed E-state index contributed by atoms with van der Waals surface area (Å²) >= 11 is 2.96. The molecule has 106 valence electrons. The molecule has 2 amide bonds. The summed E-state index contributed by atoms with van der Waals surface area (Å²) in [6.45, 7) is 0. The van der Waals surface area contributed by atoms with Gasteiger partial charge in [0.05, 0.1) is 4.70 Å². The average molecular weight is 316 g/mol. The number of fused-ring (bicyclic) bond motifs is 1. The second kappa shape index (κ2) is 6.11. The fraction of sp³-hybridized carbons (Fsp3) is 0.0714. The lowest BCUT2D eigenvalue weighted by Gasteiger charge is -2.08. The van der Waals surface area contributed by atoms with Crippen LogP contribution in [-0.2, 0) is 0 Å². The second-order valence-corrected chi connectivity index (χ2v) is 5.93. The van der Waals surface area contributed by atoms with Crippen molar-refractivity contribution in [1.29, 1.82) is 0 Å². The van der Waals surface area contributed by atoms with E-state index in [9.17, 15) is 4.79 Å². The van der Waals surface area contributed by atoms with Crippen molar-refractivity contribution in [2.45, 2.75) is 4.90 Å². The zero-order chi connectivity index (χ0) is 14.7. The van der Waals surface area contributed by atoms with Gasteiger partial charge in [0.25, 0.3) is 0 Å². The van der Waals surface area contributed by atoms with Crippen LogP contribution >= 0.6 is 23.3 Å². The lowest BCUT2D eigenvalue weighted by atomic mass is 10.3. The summed E-state index contributed by atoms with van der Waals surface area (Å²) in [5.41, 5.74) is 2.23. The van der Waals surface area contributed by atoms with Crippen LogP contribution in [0.2, 0.25) is 0 Å². The Bertz CT molecular complexity index is 787. The average Bonchev–Trinajstić information content (AvgIpc) is 2.95. The summed E-state index contributed by atoms with van der Waals surface area (Å²) in [5, 5.41) is 9.59. The van der Waals surface area contributed by atoms with Crippen LogP contribution in [-0.4, -0.2) is 21.9 Å². The predicted octanol–water partition coefficient (Wildman–Crippen LogP) is 4.06. The minimum atomic E-state index is -0.282. The molecule has 2 N–H and O–H groups in total. The van der Waals surface area contributed by atoms with Gasteiger partial charge in [0.15, 0.2) is 0 Å². The van der Waals surface area contributed by atoms with Gasteiger partial charge in [-0.25, -0.2) is 4.79 Å². The summed E-state index contributed by atoms with van der Waals surface area (Å²) in [5.74, 6) is 0. The molecule has 5 nitrogen and oxygen atoms in total. The van der Waals surface area contributed by atoms with Gasteiger partial charge in [0, 0.05) is 16.3 Å². The monoisotopic (exact) mass is 316 g/mol. The van der Waals surface area contributed by atoms with Crippen molar-refractivity contribution in [2.24, 2.45) is 0 Å². The fourth-order valence-corrected chi connectivity index (χ4v) is 2.85. The topological polar surface area (TPSA) is 66.9 Å². The van der Waals surface area contributed by atoms with E-state index in [4.69, 9.17) is 0 Å². The first-order valence-electron chi connectivity index (χ1n) is 6.19. The number of anilines is 2. The number of urea groups is 1. The fourth-order valence-electron chi connectivity index (χ4n) is 1.85. The molecule has 0 aliphatic rings. The number of carbonyl (C=O) groups is 1. The highest BCUT2D eigenvalue weighted by Crippen LogP contribution is 2.21. The predicted molar refractivity (Wildman–Crippen MR) is 88.3 cm³/mol. The molecule has 0 saturated heterocycles. The first-order chi connectivity index (χ1) is 10.2. The smallest absolute Gasteiger partial charge is 0.308 e. The molecule has 21 heavy (non-hydrogen) atoms. The Morgan fingerprint density at radius 2 is 1.95 bits per heavy atom. The highest BCUT2D eigenvalue weighted by atomic mass is 32.2. The Morgan fingerprint density at radius 1 is 1.14 bits per heavy atom. The Labute approximate surface area is 129 Å². The van der Waals surface area contributed by atoms with Gasteiger partial charge in [-0.1, -0.05) is 10.6 Å². The SMILES string of the molecule is CSc1cccc(NC(=O)Nc2ccc3snnc3c2)c1. The normalized spacial score (nSPS) is 10.5. The first kappa shape index (κ1) is 13.8. The molecule has 0 spiro atoms. The molecule has 0 saturated carbocycles. The van der Waals surface area contributed by atoms with E-state index < -0.39 is 0 Å². The van der Waals surface area contributed by atoms with Gasteiger partial charge in [-0.15, -0.1) is 16.9 Å². The van der Waals surface area contributed by atoms with Gasteiger partial charge in [-0.2, -0.15) is 0 Å². The number of thioether (sulfide) groups is 1. The number of rotatable bonds is 3. The molecule has 1 aromatic heterocycles. The molecule has 0 radical (unpaired) electrons. The molecular formula is C14H12N4OS2. The van der Waals surface area contributed by atoms with E-state index in [-0.39, 0.29) is 6.03 Å². The van der Waals surface area contributed by atoms with Crippen LogP contribution in [0.15, 0.2) is 47.4 Å². The summed E-state index contributed by atoms with van der Waals surface area (Å²) < 4.78 is 4.86. The highest BCUT2D eigenvalue weighted by Gasteiger charge is 2.05. The number of hydrogen-bond acceptors (Lipinski definition) is 5. The molecular weight excluding hydrogens is 304 g/mol. The maximum Gasteiger partial charge on any atom is 0.323 e. The van der Waals surface area contributed by atoms with E-state index in [1.807, 2.05) is 42.7 Å². The van der Waals surface area contributed by atoms with Crippen LogP contribution < -0.4 is 10.6 Å². The van der Waals surface area contributed by atoms with Crippen LogP contribution in [0.25, 0.3) is 10.2 Å². The van der Waals surface area contributed by atoms with Crippen molar-refractivity contribution in [3.8, 4) is 0 Å². The van der Waals surface area contributed by atoms with Crippen LogP contribution in [0.1, 0.15) is 0 Å². The van der Waals surface area contributed by atoms with E-state index in [0.717, 1.165) is 20.8 Å². The number of amides is 2. The third-order valence-electron chi connectivity index (χ3n) is 2.83. The standard InChI is InChI=1S/C14H12N4OS2/c1-20-11-4-2-3-9(7-11)15-14(19)16-10-5-6-13-12(8-10)17-18-21-13/h2-8H,1H3,(H2,15,16,19). The quantitative estimate of drug-likeness (QED) is 0.715. The number of benzene rings is 2. The molecule has 2 aromatic carbocycles. The van der Waals surface area contributed by atoms with Crippen molar-refractivity contribution in [3.05, 3.63) is 42.5 Å². The van der Waals surface area contributed by atoms with E-state index >= 15 is 0 Å². The minimum Gasteiger partial charge on any atom is -0.308 e. The van der Waals surface area contributed by atoms with Crippen LogP contribution in [0.3, 0.4) is 0 Å². The van der Waals surface area contributed by atoms with Crippen LogP contribution in [0.4, 0.5) is 16.2 Å². The maximum absolute atomic E-state index is 12.0. The van der Waals surface area contributed by atoms with E-state index in [1.165, 1.54) is 11.5 Å². The first-order valence-corrected chi connectivity index (χ1v) is 8.18. The number of hydrogen-bond donors (Lipinski definition) is 2. The van der Waals surface area contributed by atoms with E-state index in [2.05, 4.69) is 20.2 Å². The summed E-state index contributed by atoms with van der Waals surface area (Å²) in [6, 6.07) is 12.9. The number of aromatic nitrogens is 2. The third kappa shape index (κ3) is 3.32. The van der Waals surface area contributed by atoms with Crippen molar-refractivity contribution >= 4 is 50.9 Å². The molecule has 0 atom stereocenters. The van der Waals surface area contributed by atoms with Gasteiger partial charge in [0.1, 0.15) is 5.52 Å². The third-order valence-corrected chi connectivity index (χ3v) is 4.26. The second-order valence-electron chi connectivity index (χ2n) is 4.27. The van der Waals surface area contributed by atoms with E-state index in [1.54, 1.807) is 17.8 Å². The van der Waals surface area contributed by atoms with Crippen LogP contribution in [0.5, 0.6) is 0 Å². The Kier molecular flexibility index (Phi) is 4.03.